The van der Waals surface area contributed by atoms with E-state index in [-0.39, 0.29) is 24.4 Å². The van der Waals surface area contributed by atoms with Gasteiger partial charge in [-0.05, 0) is 145 Å². The van der Waals surface area contributed by atoms with Crippen LogP contribution in [0.3, 0.4) is 0 Å². The van der Waals surface area contributed by atoms with Crippen LogP contribution < -0.4 is 24.3 Å². The Morgan fingerprint density at radius 1 is 0.491 bits per heavy atom. The number of carbonyl (C=O) groups is 1. The summed E-state index contributed by atoms with van der Waals surface area (Å²) in [6.07, 6.45) is 13.8. The van der Waals surface area contributed by atoms with Crippen molar-refractivity contribution in [2.24, 2.45) is 11.8 Å². The predicted octanol–water partition coefficient (Wildman–Crippen LogP) is 12.5. The lowest BCUT2D eigenvalue weighted by Gasteiger charge is -2.48. The molecule has 0 spiro atoms. The van der Waals surface area contributed by atoms with Gasteiger partial charge in [-0.2, -0.15) is 0 Å². The summed E-state index contributed by atoms with van der Waals surface area (Å²) in [5.74, 6) is 4.94. The SMILES string of the molecule is CC(C)Oc1cccc(OC(C)C)c1-c1cccc(-c2c(OC(C)C)cccc2OC(C)C)c1P1C(C2CCCCC2)CC(=O)CC1C1CCCCC1. The van der Waals surface area contributed by atoms with Crippen LogP contribution in [-0.4, -0.2) is 41.5 Å². The van der Waals surface area contributed by atoms with Gasteiger partial charge in [0.05, 0.1) is 35.5 Å². The van der Waals surface area contributed by atoms with E-state index < -0.39 is 7.92 Å². The molecular weight excluding hydrogens is 675 g/mol. The summed E-state index contributed by atoms with van der Waals surface area (Å²) < 4.78 is 26.8. The van der Waals surface area contributed by atoms with Crippen LogP contribution in [0.4, 0.5) is 0 Å². The zero-order chi connectivity index (χ0) is 37.6. The van der Waals surface area contributed by atoms with Gasteiger partial charge in [0.2, 0.25) is 0 Å². The van der Waals surface area contributed by atoms with E-state index in [1.54, 1.807) is 0 Å². The number of rotatable bonds is 13. The molecular formula is C47H65O5P. The molecule has 0 bridgehead atoms. The molecule has 3 fully saturated rings. The van der Waals surface area contributed by atoms with E-state index in [0.29, 0.717) is 41.8 Å². The van der Waals surface area contributed by atoms with Crippen molar-refractivity contribution in [3.8, 4) is 45.3 Å². The molecule has 0 radical (unpaired) electrons. The van der Waals surface area contributed by atoms with Crippen LogP contribution in [-0.2, 0) is 4.79 Å². The highest BCUT2D eigenvalue weighted by Crippen LogP contribution is 2.63. The summed E-state index contributed by atoms with van der Waals surface area (Å²) in [7, 11) is -0.829. The zero-order valence-corrected chi connectivity index (χ0v) is 34.7. The second-order valence-corrected chi connectivity index (χ2v) is 19.5. The number of hydrogen-bond acceptors (Lipinski definition) is 5. The molecule has 0 amide bonds. The summed E-state index contributed by atoms with van der Waals surface area (Å²) in [5.41, 5.74) is 5.05. The van der Waals surface area contributed by atoms with Crippen LogP contribution >= 0.6 is 7.92 Å². The van der Waals surface area contributed by atoms with Crippen LogP contribution in [0.15, 0.2) is 54.6 Å². The smallest absolute Gasteiger partial charge is 0.134 e. The summed E-state index contributed by atoms with van der Waals surface area (Å²) in [6, 6.07) is 19.4. The zero-order valence-electron chi connectivity index (χ0n) is 33.8. The van der Waals surface area contributed by atoms with Gasteiger partial charge in [0.15, 0.2) is 0 Å². The van der Waals surface area contributed by atoms with E-state index in [2.05, 4.69) is 110 Å². The molecule has 2 aliphatic carbocycles. The minimum Gasteiger partial charge on any atom is -0.490 e. The van der Waals surface area contributed by atoms with Gasteiger partial charge in [-0.1, -0.05) is 76.8 Å². The van der Waals surface area contributed by atoms with Crippen molar-refractivity contribution >= 4 is 19.0 Å². The molecule has 0 N–H and O–H groups in total. The van der Waals surface area contributed by atoms with Gasteiger partial charge in [-0.15, -0.1) is 0 Å². The molecule has 6 rings (SSSR count). The third-order valence-corrected chi connectivity index (χ3v) is 14.9. The first-order valence-corrected chi connectivity index (χ1v) is 22.4. The van der Waals surface area contributed by atoms with Crippen LogP contribution in [0.1, 0.15) is 132 Å². The van der Waals surface area contributed by atoms with Crippen molar-refractivity contribution in [3.63, 3.8) is 0 Å². The Kier molecular flexibility index (Phi) is 13.5. The molecule has 2 saturated carbocycles. The van der Waals surface area contributed by atoms with E-state index in [4.69, 9.17) is 18.9 Å². The van der Waals surface area contributed by atoms with Gasteiger partial charge in [-0.25, -0.2) is 0 Å². The van der Waals surface area contributed by atoms with Gasteiger partial charge in [0.1, 0.15) is 28.8 Å². The first kappa shape index (κ1) is 39.6. The lowest BCUT2D eigenvalue weighted by atomic mass is 9.82. The largest absolute Gasteiger partial charge is 0.490 e. The van der Waals surface area contributed by atoms with Crippen molar-refractivity contribution in [3.05, 3.63) is 54.6 Å². The Bertz CT molecular complexity index is 1490. The summed E-state index contributed by atoms with van der Waals surface area (Å²) in [4.78, 5) is 14.1. The summed E-state index contributed by atoms with van der Waals surface area (Å²) >= 11 is 0. The maximum atomic E-state index is 14.1. The summed E-state index contributed by atoms with van der Waals surface area (Å²) in [6.45, 7) is 16.8. The van der Waals surface area contributed by atoms with Crippen molar-refractivity contribution in [1.82, 2.24) is 0 Å². The van der Waals surface area contributed by atoms with Gasteiger partial charge in [-0.3, -0.25) is 4.79 Å². The highest BCUT2D eigenvalue weighted by atomic mass is 31.1. The lowest BCUT2D eigenvalue weighted by molar-refractivity contribution is -0.120. The fourth-order valence-electron chi connectivity index (χ4n) is 9.34. The summed E-state index contributed by atoms with van der Waals surface area (Å²) in [5, 5.41) is 1.38. The van der Waals surface area contributed by atoms with Crippen molar-refractivity contribution < 1.29 is 23.7 Å². The molecule has 1 aliphatic heterocycles. The van der Waals surface area contributed by atoms with Gasteiger partial charge in [0, 0.05) is 12.8 Å². The molecule has 6 heteroatoms. The highest BCUT2D eigenvalue weighted by molar-refractivity contribution is 7.68. The molecule has 2 unspecified atom stereocenters. The predicted molar refractivity (Wildman–Crippen MR) is 222 cm³/mol. The first-order chi connectivity index (χ1) is 25.5. The second-order valence-electron chi connectivity index (χ2n) is 16.9. The third-order valence-electron chi connectivity index (χ3n) is 11.2. The average molecular weight is 741 g/mol. The number of Topliss-reactive ketones (excluding diaryl/α,β-unsaturated/α-hetero) is 1. The van der Waals surface area contributed by atoms with Gasteiger partial charge >= 0.3 is 0 Å². The number of ketones is 1. The highest BCUT2D eigenvalue weighted by Gasteiger charge is 2.47. The fourth-order valence-corrected chi connectivity index (χ4v) is 13.7. The van der Waals surface area contributed by atoms with Crippen LogP contribution in [0.25, 0.3) is 22.3 Å². The Morgan fingerprint density at radius 3 is 1.13 bits per heavy atom. The molecule has 5 nitrogen and oxygen atoms in total. The Morgan fingerprint density at radius 2 is 0.811 bits per heavy atom. The Hall–Kier alpha value is -3.04. The standard InChI is InChI=1S/C47H65O5P/c1-30(2)49-39-24-16-25-40(50-31(3)4)45(39)37-22-15-23-38(46-41(51-32(5)6)26-17-27-42(46)52-33(7)8)47(37)53-43(34-18-11-9-12-19-34)28-36(48)29-44(53)35-20-13-10-14-21-35/h15-17,22-27,30-35,43-44H,9-14,18-21,28-29H2,1-8H3. The molecule has 3 aromatic rings. The van der Waals surface area contributed by atoms with E-state index in [1.807, 2.05) is 0 Å². The number of hydrogen-bond donors (Lipinski definition) is 0. The minimum atomic E-state index is -0.829. The average Bonchev–Trinajstić information content (AvgIpc) is 3.11. The normalized spacial score (nSPS) is 21.8. The Balaban J connectivity index is 1.73. The van der Waals surface area contributed by atoms with E-state index in [0.717, 1.165) is 34.1 Å². The van der Waals surface area contributed by atoms with Crippen molar-refractivity contribution in [2.45, 2.75) is 168 Å². The monoisotopic (exact) mass is 740 g/mol. The van der Waals surface area contributed by atoms with Crippen LogP contribution in [0.2, 0.25) is 0 Å². The molecule has 1 saturated heterocycles. The third kappa shape index (κ3) is 9.44. The topological polar surface area (TPSA) is 54.0 Å². The van der Waals surface area contributed by atoms with E-state index >= 15 is 0 Å². The fraction of sp³-hybridized carbons (Fsp3) is 0.596. The molecule has 1 heterocycles. The molecule has 3 aliphatic rings. The van der Waals surface area contributed by atoms with E-state index in [1.165, 1.54) is 80.6 Å². The Labute approximate surface area is 321 Å². The van der Waals surface area contributed by atoms with Crippen LogP contribution in [0.5, 0.6) is 23.0 Å². The van der Waals surface area contributed by atoms with Gasteiger partial charge < -0.3 is 18.9 Å². The van der Waals surface area contributed by atoms with Crippen molar-refractivity contribution in [2.75, 3.05) is 0 Å². The van der Waals surface area contributed by atoms with Gasteiger partial charge in [0.25, 0.3) is 0 Å². The maximum absolute atomic E-state index is 14.1. The van der Waals surface area contributed by atoms with E-state index in [9.17, 15) is 4.79 Å². The quantitative estimate of drug-likeness (QED) is 0.163. The number of carbonyl (C=O) groups excluding carboxylic acids is 1. The molecule has 3 aromatic carbocycles. The first-order valence-electron chi connectivity index (χ1n) is 20.9. The molecule has 2 atom stereocenters. The second kappa shape index (κ2) is 18.1. The van der Waals surface area contributed by atoms with Crippen molar-refractivity contribution in [1.29, 1.82) is 0 Å². The number of ether oxygens (including phenoxy) is 4. The molecule has 53 heavy (non-hydrogen) atoms. The van der Waals surface area contributed by atoms with Crippen LogP contribution in [0, 0.1) is 11.8 Å². The lowest BCUT2D eigenvalue weighted by Crippen LogP contribution is -2.41. The molecule has 288 valence electrons. The molecule has 0 aromatic heterocycles. The minimum absolute atomic E-state index is 0.0103. The maximum Gasteiger partial charge on any atom is 0.134 e. The number of benzene rings is 3.